The van der Waals surface area contributed by atoms with Crippen molar-refractivity contribution in [3.63, 3.8) is 0 Å². The summed E-state index contributed by atoms with van der Waals surface area (Å²) in [6, 6.07) is 11.1. The maximum absolute atomic E-state index is 12.9. The molecular weight excluding hydrogens is 352 g/mol. The number of rotatable bonds is 3. The van der Waals surface area contributed by atoms with Crippen molar-refractivity contribution in [2.45, 2.75) is 19.3 Å². The number of aryl methyl sites for hydroxylation is 1. The van der Waals surface area contributed by atoms with Crippen LogP contribution in [0.25, 0.3) is 11.3 Å². The summed E-state index contributed by atoms with van der Waals surface area (Å²) in [4.78, 5) is 14.5. The number of H-pyrrole nitrogens is 1. The van der Waals surface area contributed by atoms with Gasteiger partial charge in [-0.15, -0.1) is 0 Å². The van der Waals surface area contributed by atoms with Crippen LogP contribution in [-0.4, -0.2) is 43.9 Å². The SMILES string of the molecule is Cn1nc(C(F)F)cc1C(=O)N1CCc2[nH]nc(-c3ccccc3)c2CC1. The largest absolute Gasteiger partial charge is 0.337 e. The molecule has 8 heteroatoms. The predicted octanol–water partition coefficient (Wildman–Crippen LogP) is 2.99. The Hall–Kier alpha value is -3.03. The van der Waals surface area contributed by atoms with Crippen LogP contribution in [0.5, 0.6) is 0 Å². The first kappa shape index (κ1) is 17.4. The molecule has 1 aliphatic rings. The van der Waals surface area contributed by atoms with Gasteiger partial charge in [-0.2, -0.15) is 10.2 Å². The van der Waals surface area contributed by atoms with Crippen LogP contribution >= 0.6 is 0 Å². The lowest BCUT2D eigenvalue weighted by Crippen LogP contribution is -2.34. The van der Waals surface area contributed by atoms with Crippen molar-refractivity contribution in [2.75, 3.05) is 13.1 Å². The molecule has 6 nitrogen and oxygen atoms in total. The highest BCUT2D eigenvalue weighted by Crippen LogP contribution is 2.27. The van der Waals surface area contributed by atoms with E-state index in [0.717, 1.165) is 22.5 Å². The van der Waals surface area contributed by atoms with Crippen molar-refractivity contribution < 1.29 is 13.6 Å². The van der Waals surface area contributed by atoms with Crippen LogP contribution in [0.1, 0.15) is 33.9 Å². The first-order chi connectivity index (χ1) is 13.0. The number of hydrogen-bond acceptors (Lipinski definition) is 3. The second-order valence-electron chi connectivity index (χ2n) is 6.57. The van der Waals surface area contributed by atoms with Gasteiger partial charge in [0.25, 0.3) is 12.3 Å². The van der Waals surface area contributed by atoms with Gasteiger partial charge in [0.1, 0.15) is 11.4 Å². The Balaban J connectivity index is 1.55. The molecule has 0 saturated carbocycles. The van der Waals surface area contributed by atoms with E-state index in [1.54, 1.807) is 4.90 Å². The number of fused-ring (bicyclic) bond motifs is 1. The quantitative estimate of drug-likeness (QED) is 0.770. The van der Waals surface area contributed by atoms with E-state index < -0.39 is 6.43 Å². The Morgan fingerprint density at radius 2 is 1.93 bits per heavy atom. The minimum atomic E-state index is -2.69. The Bertz CT molecular complexity index is 964. The number of benzene rings is 1. The molecule has 0 fully saturated rings. The average molecular weight is 371 g/mol. The zero-order chi connectivity index (χ0) is 19.0. The fourth-order valence-corrected chi connectivity index (χ4v) is 3.48. The number of halogens is 2. The Kier molecular flexibility index (Phi) is 4.47. The van der Waals surface area contributed by atoms with Gasteiger partial charge < -0.3 is 4.90 Å². The number of aromatic amines is 1. The van der Waals surface area contributed by atoms with Crippen LogP contribution in [0.4, 0.5) is 8.78 Å². The van der Waals surface area contributed by atoms with Gasteiger partial charge in [-0.05, 0) is 12.5 Å². The maximum Gasteiger partial charge on any atom is 0.282 e. The molecule has 0 unspecified atom stereocenters. The molecule has 2 aromatic heterocycles. The van der Waals surface area contributed by atoms with Crippen molar-refractivity contribution in [3.05, 3.63) is 59.0 Å². The van der Waals surface area contributed by atoms with Crippen LogP contribution < -0.4 is 0 Å². The number of hydrogen-bond donors (Lipinski definition) is 1. The normalized spacial score (nSPS) is 14.3. The number of carbonyl (C=O) groups excluding carboxylic acids is 1. The monoisotopic (exact) mass is 371 g/mol. The van der Waals surface area contributed by atoms with E-state index in [4.69, 9.17) is 0 Å². The lowest BCUT2D eigenvalue weighted by atomic mass is 10.0. The van der Waals surface area contributed by atoms with Gasteiger partial charge in [-0.25, -0.2) is 8.78 Å². The van der Waals surface area contributed by atoms with E-state index in [-0.39, 0.29) is 17.3 Å². The van der Waals surface area contributed by atoms with E-state index in [2.05, 4.69) is 15.3 Å². The second-order valence-corrected chi connectivity index (χ2v) is 6.57. The molecule has 0 saturated heterocycles. The summed E-state index contributed by atoms with van der Waals surface area (Å²) in [6.45, 7) is 0.998. The van der Waals surface area contributed by atoms with Crippen molar-refractivity contribution >= 4 is 5.91 Å². The number of amides is 1. The van der Waals surface area contributed by atoms with Crippen LogP contribution in [0.15, 0.2) is 36.4 Å². The summed E-state index contributed by atoms with van der Waals surface area (Å²) in [6.07, 6.45) is -1.40. The molecule has 1 aliphatic heterocycles. The molecule has 3 aromatic rings. The second kappa shape index (κ2) is 6.94. The first-order valence-electron chi connectivity index (χ1n) is 8.77. The van der Waals surface area contributed by atoms with E-state index in [1.807, 2.05) is 30.3 Å². The Morgan fingerprint density at radius 1 is 1.19 bits per heavy atom. The number of alkyl halides is 2. The van der Waals surface area contributed by atoms with Gasteiger partial charge >= 0.3 is 0 Å². The number of nitrogens with one attached hydrogen (secondary N) is 1. The zero-order valence-electron chi connectivity index (χ0n) is 14.8. The van der Waals surface area contributed by atoms with Gasteiger partial charge in [-0.3, -0.25) is 14.6 Å². The minimum Gasteiger partial charge on any atom is -0.337 e. The van der Waals surface area contributed by atoms with E-state index in [9.17, 15) is 13.6 Å². The van der Waals surface area contributed by atoms with Crippen LogP contribution in [0.3, 0.4) is 0 Å². The highest BCUT2D eigenvalue weighted by Gasteiger charge is 2.26. The lowest BCUT2D eigenvalue weighted by molar-refractivity contribution is 0.0751. The molecule has 1 N–H and O–H groups in total. The fraction of sp³-hybridized carbons (Fsp3) is 0.316. The molecule has 1 aromatic carbocycles. The molecule has 1 amide bonds. The number of carbonyl (C=O) groups is 1. The van der Waals surface area contributed by atoms with Gasteiger partial charge in [0.15, 0.2) is 0 Å². The molecule has 0 atom stereocenters. The highest BCUT2D eigenvalue weighted by atomic mass is 19.3. The summed E-state index contributed by atoms with van der Waals surface area (Å²) in [5.41, 5.74) is 3.86. The third-order valence-corrected chi connectivity index (χ3v) is 4.89. The molecule has 0 bridgehead atoms. The van der Waals surface area contributed by atoms with Crippen molar-refractivity contribution in [1.82, 2.24) is 24.9 Å². The van der Waals surface area contributed by atoms with Crippen molar-refractivity contribution in [2.24, 2.45) is 7.05 Å². The Labute approximate surface area is 154 Å². The average Bonchev–Trinajstić information content (AvgIpc) is 3.19. The third-order valence-electron chi connectivity index (χ3n) is 4.89. The van der Waals surface area contributed by atoms with E-state index in [0.29, 0.717) is 25.9 Å². The summed E-state index contributed by atoms with van der Waals surface area (Å²) < 4.78 is 27.0. The van der Waals surface area contributed by atoms with Gasteiger partial charge in [0, 0.05) is 43.4 Å². The maximum atomic E-state index is 12.9. The molecule has 0 radical (unpaired) electrons. The highest BCUT2D eigenvalue weighted by molar-refractivity contribution is 5.92. The van der Waals surface area contributed by atoms with Gasteiger partial charge in [0.2, 0.25) is 0 Å². The molecule has 3 heterocycles. The summed E-state index contributed by atoms with van der Waals surface area (Å²) in [5, 5.41) is 11.3. The van der Waals surface area contributed by atoms with Crippen LogP contribution in [0.2, 0.25) is 0 Å². The van der Waals surface area contributed by atoms with Crippen LogP contribution in [-0.2, 0) is 19.9 Å². The summed E-state index contributed by atoms with van der Waals surface area (Å²) in [7, 11) is 1.51. The zero-order valence-corrected chi connectivity index (χ0v) is 14.8. The first-order valence-corrected chi connectivity index (χ1v) is 8.77. The van der Waals surface area contributed by atoms with Crippen LogP contribution in [0, 0.1) is 0 Å². The Morgan fingerprint density at radius 3 is 2.63 bits per heavy atom. The topological polar surface area (TPSA) is 66.8 Å². The minimum absolute atomic E-state index is 0.178. The smallest absolute Gasteiger partial charge is 0.282 e. The summed E-state index contributed by atoms with van der Waals surface area (Å²) >= 11 is 0. The van der Waals surface area contributed by atoms with Crippen molar-refractivity contribution in [1.29, 1.82) is 0 Å². The van der Waals surface area contributed by atoms with Gasteiger partial charge in [0.05, 0.1) is 5.69 Å². The van der Waals surface area contributed by atoms with Crippen molar-refractivity contribution in [3.8, 4) is 11.3 Å². The molecular formula is C19H19F2N5O. The fourth-order valence-electron chi connectivity index (χ4n) is 3.48. The van der Waals surface area contributed by atoms with E-state index in [1.165, 1.54) is 17.8 Å². The molecule has 0 spiro atoms. The third kappa shape index (κ3) is 3.22. The molecule has 0 aliphatic carbocycles. The molecule has 4 rings (SSSR count). The number of aromatic nitrogens is 4. The number of nitrogens with zero attached hydrogens (tertiary/aromatic N) is 4. The molecule has 27 heavy (non-hydrogen) atoms. The summed E-state index contributed by atoms with van der Waals surface area (Å²) in [5.74, 6) is -0.281. The standard InChI is InChI=1S/C19H19F2N5O/c1-25-16(11-15(24-25)18(20)21)19(27)26-9-7-13-14(8-10-26)22-23-17(13)12-5-3-2-4-6-12/h2-6,11,18H,7-10H2,1H3,(H,22,23). The predicted molar refractivity (Wildman–Crippen MR) is 95.5 cm³/mol. The lowest BCUT2D eigenvalue weighted by Gasteiger charge is -2.20. The van der Waals surface area contributed by atoms with E-state index >= 15 is 0 Å². The molecule has 140 valence electrons. The van der Waals surface area contributed by atoms with Gasteiger partial charge in [-0.1, -0.05) is 30.3 Å².